The number of anilines is 1. The normalized spacial score (nSPS) is 9.88. The minimum absolute atomic E-state index is 0.299. The van der Waals surface area contributed by atoms with E-state index in [1.54, 1.807) is 6.20 Å². The Hall–Kier alpha value is -3.07. The Morgan fingerprint density at radius 2 is 1.69 bits per heavy atom. The summed E-state index contributed by atoms with van der Waals surface area (Å²) in [7, 11) is 1.92. The van der Waals surface area contributed by atoms with Crippen LogP contribution in [0, 0.1) is 12.5 Å². The fourth-order valence-electron chi connectivity index (χ4n) is 2.80. The van der Waals surface area contributed by atoms with Crippen molar-refractivity contribution in [2.45, 2.75) is 20.4 Å². The summed E-state index contributed by atoms with van der Waals surface area (Å²) in [6, 6.07) is 20.5. The zero-order chi connectivity index (χ0) is 23.3. The first-order valence-electron chi connectivity index (χ1n) is 9.84. The van der Waals surface area contributed by atoms with E-state index in [-0.39, 0.29) is 0 Å². The average Bonchev–Trinajstić information content (AvgIpc) is 3.33. The molecule has 0 spiro atoms. The minimum atomic E-state index is 0.299. The SMILES string of the molecule is CNCc1ccc(-c2cc(-c3nc(-c4cc[c-]cc4)cnc3N)on2)cc1.C[CH-]C.[O]=[Os]. The van der Waals surface area contributed by atoms with Gasteiger partial charge in [-0.1, -0.05) is 29.4 Å². The fraction of sp³-hybridized carbons (Fsp3) is 0.167. The van der Waals surface area contributed by atoms with Gasteiger partial charge in [-0.05, 0) is 12.6 Å². The van der Waals surface area contributed by atoms with E-state index >= 15 is 0 Å². The summed E-state index contributed by atoms with van der Waals surface area (Å²) >= 11 is 0.611. The van der Waals surface area contributed by atoms with Gasteiger partial charge in [0.15, 0.2) is 17.3 Å². The zero-order valence-electron chi connectivity index (χ0n) is 18.1. The van der Waals surface area contributed by atoms with Crippen molar-refractivity contribution >= 4 is 5.82 Å². The van der Waals surface area contributed by atoms with Crippen LogP contribution in [0.3, 0.4) is 0 Å². The number of benzene rings is 2. The van der Waals surface area contributed by atoms with E-state index in [2.05, 4.69) is 38.6 Å². The molecule has 0 atom stereocenters. The Kier molecular flexibility index (Phi) is 10.5. The van der Waals surface area contributed by atoms with Crippen LogP contribution < -0.4 is 11.1 Å². The predicted molar refractivity (Wildman–Crippen MR) is 121 cm³/mol. The van der Waals surface area contributed by atoms with Gasteiger partial charge in [-0.15, -0.1) is 5.56 Å². The summed E-state index contributed by atoms with van der Waals surface area (Å²) in [5.41, 5.74) is 11.0. The Balaban J connectivity index is 0.000000671. The molecule has 4 rings (SSSR count). The molecule has 0 aliphatic heterocycles. The van der Waals surface area contributed by atoms with Crippen molar-refractivity contribution < 1.29 is 26.6 Å². The van der Waals surface area contributed by atoms with Crippen molar-refractivity contribution in [1.29, 1.82) is 0 Å². The standard InChI is InChI=1S/C21H18N5O.C3H7.O.Os/c1-23-12-14-7-9-16(10-8-14)17-11-19(27-26-17)20-21(22)24-13-18(25-20)15-5-3-2-4-6-15;1-3-2;;/h3-11,13,23H,12H2,1H3,(H2,22,24);3H,1-2H3;;/q2*-1;;. The second-order valence-corrected chi connectivity index (χ2v) is 6.66. The maximum absolute atomic E-state index is 8.28. The van der Waals surface area contributed by atoms with Crippen LogP contribution in [0.4, 0.5) is 5.82 Å². The van der Waals surface area contributed by atoms with Gasteiger partial charge in [0, 0.05) is 18.2 Å². The second-order valence-electron chi connectivity index (χ2n) is 6.66. The van der Waals surface area contributed by atoms with Gasteiger partial charge in [0.05, 0.1) is 11.9 Å². The molecule has 0 saturated heterocycles. The van der Waals surface area contributed by atoms with Crippen LogP contribution in [0.5, 0.6) is 0 Å². The van der Waals surface area contributed by atoms with Crippen LogP contribution in [-0.2, 0) is 28.6 Å². The molecular formula is C24H25N5O2Os-2. The van der Waals surface area contributed by atoms with Crippen LogP contribution in [-0.4, -0.2) is 22.2 Å². The van der Waals surface area contributed by atoms with Crippen molar-refractivity contribution in [3.05, 3.63) is 78.8 Å². The van der Waals surface area contributed by atoms with E-state index in [9.17, 15) is 0 Å². The summed E-state index contributed by atoms with van der Waals surface area (Å²) in [6.45, 7) is 4.82. The molecule has 2 aromatic carbocycles. The third-order valence-electron chi connectivity index (χ3n) is 4.19. The Bertz CT molecular complexity index is 1090. The summed E-state index contributed by atoms with van der Waals surface area (Å²) in [5, 5.41) is 7.29. The number of nitrogens with two attached hydrogens (primary N) is 1. The molecule has 0 fully saturated rings. The van der Waals surface area contributed by atoms with Gasteiger partial charge in [-0.25, -0.2) is 9.97 Å². The van der Waals surface area contributed by atoms with Crippen molar-refractivity contribution in [2.24, 2.45) is 0 Å². The third kappa shape index (κ3) is 6.71. The first-order chi connectivity index (χ1) is 15.7. The summed E-state index contributed by atoms with van der Waals surface area (Å²) < 4.78 is 13.8. The summed E-state index contributed by atoms with van der Waals surface area (Å²) in [5.74, 6) is 0.784. The summed E-state index contributed by atoms with van der Waals surface area (Å²) in [4.78, 5) is 8.87. The van der Waals surface area contributed by atoms with E-state index in [4.69, 9.17) is 13.8 Å². The van der Waals surface area contributed by atoms with Crippen LogP contribution in [0.1, 0.15) is 19.4 Å². The number of hydrogen-bond donors (Lipinski definition) is 2. The Morgan fingerprint density at radius 1 is 1.06 bits per heavy atom. The van der Waals surface area contributed by atoms with Crippen molar-refractivity contribution in [2.75, 3.05) is 12.8 Å². The number of nitrogens with zero attached hydrogens (tertiary/aromatic N) is 3. The molecule has 0 aliphatic rings. The second kappa shape index (κ2) is 13.4. The number of rotatable bonds is 5. The Morgan fingerprint density at radius 3 is 2.31 bits per heavy atom. The first-order valence-corrected chi connectivity index (χ1v) is 10.9. The quantitative estimate of drug-likeness (QED) is 0.318. The third-order valence-corrected chi connectivity index (χ3v) is 4.19. The number of aromatic nitrogens is 3. The van der Waals surface area contributed by atoms with Crippen LogP contribution >= 0.6 is 0 Å². The van der Waals surface area contributed by atoms with Crippen molar-refractivity contribution in [3.63, 3.8) is 0 Å². The molecule has 8 heteroatoms. The van der Waals surface area contributed by atoms with Gasteiger partial charge < -0.3 is 22.0 Å². The Labute approximate surface area is 198 Å². The monoisotopic (exact) mass is 607 g/mol. The molecule has 7 nitrogen and oxygen atoms in total. The van der Waals surface area contributed by atoms with E-state index in [0.29, 0.717) is 41.5 Å². The molecule has 0 unspecified atom stereocenters. The molecule has 0 bridgehead atoms. The average molecular weight is 606 g/mol. The summed E-state index contributed by atoms with van der Waals surface area (Å²) in [6.07, 6.45) is 3.64. The van der Waals surface area contributed by atoms with Gasteiger partial charge in [-0.3, -0.25) is 0 Å². The molecule has 168 valence electrons. The number of hydrogen-bond acceptors (Lipinski definition) is 7. The van der Waals surface area contributed by atoms with Crippen LogP contribution in [0.2, 0.25) is 0 Å². The van der Waals surface area contributed by atoms with Gasteiger partial charge in [0.1, 0.15) is 5.69 Å². The van der Waals surface area contributed by atoms with E-state index in [0.717, 1.165) is 23.4 Å². The fourth-order valence-corrected chi connectivity index (χ4v) is 2.80. The maximum atomic E-state index is 8.28. The van der Waals surface area contributed by atoms with Gasteiger partial charge >= 0.3 is 22.1 Å². The van der Waals surface area contributed by atoms with Crippen LogP contribution in [0.15, 0.2) is 65.3 Å². The van der Waals surface area contributed by atoms with Gasteiger partial charge in [0.25, 0.3) is 0 Å². The molecule has 0 amide bonds. The molecule has 2 heterocycles. The molecule has 32 heavy (non-hydrogen) atoms. The topological polar surface area (TPSA) is 107 Å². The number of nitrogens with one attached hydrogen (secondary N) is 1. The predicted octanol–water partition coefficient (Wildman–Crippen LogP) is 4.68. The van der Waals surface area contributed by atoms with E-state index in [1.165, 1.54) is 5.56 Å². The van der Waals surface area contributed by atoms with Crippen molar-refractivity contribution in [3.8, 4) is 34.0 Å². The van der Waals surface area contributed by atoms with Gasteiger partial charge in [-0.2, -0.15) is 44.2 Å². The molecule has 4 aromatic rings. The first kappa shape index (κ1) is 25.2. The van der Waals surface area contributed by atoms with E-state index < -0.39 is 0 Å². The zero-order valence-corrected chi connectivity index (χ0v) is 20.7. The molecule has 0 saturated carbocycles. The molecular weight excluding hydrogens is 581 g/mol. The molecule has 3 N–H and O–H groups in total. The van der Waals surface area contributed by atoms with E-state index in [1.807, 2.05) is 69.8 Å². The number of nitrogen functional groups attached to an aromatic ring is 1. The molecule has 0 radical (unpaired) electrons. The van der Waals surface area contributed by atoms with Crippen LogP contribution in [0.25, 0.3) is 34.0 Å². The molecule has 0 aliphatic carbocycles. The molecule has 2 aromatic heterocycles. The van der Waals surface area contributed by atoms with Crippen molar-refractivity contribution in [1.82, 2.24) is 20.4 Å². The van der Waals surface area contributed by atoms with Gasteiger partial charge in [0.2, 0.25) is 0 Å².